The minimum atomic E-state index is -0.832. The van der Waals surface area contributed by atoms with Crippen LogP contribution in [0.5, 0.6) is 0 Å². The van der Waals surface area contributed by atoms with Crippen LogP contribution in [0.25, 0.3) is 0 Å². The van der Waals surface area contributed by atoms with Crippen molar-refractivity contribution < 1.29 is 4.79 Å². The van der Waals surface area contributed by atoms with E-state index in [0.29, 0.717) is 12.8 Å². The van der Waals surface area contributed by atoms with Gasteiger partial charge in [-0.25, -0.2) is 5.01 Å². The monoisotopic (exact) mass is 251 g/mol. The highest BCUT2D eigenvalue weighted by Crippen LogP contribution is 2.29. The van der Waals surface area contributed by atoms with Gasteiger partial charge >= 0.3 is 0 Å². The molecular formula is C14H25N3O. The predicted octanol–water partition coefficient (Wildman–Crippen LogP) is 2.61. The zero-order valence-electron chi connectivity index (χ0n) is 11.7. The zero-order chi connectivity index (χ0) is 13.4. The Kier molecular flexibility index (Phi) is 6.14. The molecule has 1 saturated heterocycles. The van der Waals surface area contributed by atoms with Gasteiger partial charge in [0.2, 0.25) is 0 Å². The number of hydrazine groups is 1. The van der Waals surface area contributed by atoms with E-state index in [1.165, 1.54) is 6.42 Å². The number of hydrogen-bond acceptors (Lipinski definition) is 3. The summed E-state index contributed by atoms with van der Waals surface area (Å²) < 4.78 is 0. The standard InChI is InChI=1S/C14H25N3O/c1-3-8-14(12-15,9-4-2)13(18)16-17-10-6-5-7-11-17/h3-11H2,1-2H3,(H,16,18). The van der Waals surface area contributed by atoms with Gasteiger partial charge in [-0.2, -0.15) is 5.26 Å². The van der Waals surface area contributed by atoms with Gasteiger partial charge in [-0.15, -0.1) is 0 Å². The first-order chi connectivity index (χ1) is 8.68. The summed E-state index contributed by atoms with van der Waals surface area (Å²) in [6.07, 6.45) is 6.51. The highest BCUT2D eigenvalue weighted by molar-refractivity contribution is 5.84. The fourth-order valence-electron chi connectivity index (χ4n) is 2.62. The van der Waals surface area contributed by atoms with Crippen molar-refractivity contribution in [2.24, 2.45) is 5.41 Å². The summed E-state index contributed by atoms with van der Waals surface area (Å²) in [5.74, 6) is -0.101. The Morgan fingerprint density at radius 1 is 1.22 bits per heavy atom. The highest BCUT2D eigenvalue weighted by Gasteiger charge is 2.37. The molecule has 102 valence electrons. The van der Waals surface area contributed by atoms with Crippen molar-refractivity contribution in [1.29, 1.82) is 5.26 Å². The number of amides is 1. The van der Waals surface area contributed by atoms with Crippen LogP contribution in [0.1, 0.15) is 58.8 Å². The van der Waals surface area contributed by atoms with Crippen molar-refractivity contribution in [2.75, 3.05) is 13.1 Å². The molecule has 4 nitrogen and oxygen atoms in total. The maximum Gasteiger partial charge on any atom is 0.254 e. The zero-order valence-corrected chi connectivity index (χ0v) is 11.7. The van der Waals surface area contributed by atoms with Crippen LogP contribution >= 0.6 is 0 Å². The fourth-order valence-corrected chi connectivity index (χ4v) is 2.62. The van der Waals surface area contributed by atoms with E-state index in [4.69, 9.17) is 0 Å². The highest BCUT2D eigenvalue weighted by atomic mass is 16.2. The van der Waals surface area contributed by atoms with Crippen LogP contribution in [-0.4, -0.2) is 24.0 Å². The molecule has 0 unspecified atom stereocenters. The molecule has 1 aliphatic heterocycles. The van der Waals surface area contributed by atoms with E-state index in [2.05, 4.69) is 11.5 Å². The molecule has 1 aliphatic rings. The summed E-state index contributed by atoms with van der Waals surface area (Å²) >= 11 is 0. The van der Waals surface area contributed by atoms with Crippen molar-refractivity contribution in [3.05, 3.63) is 0 Å². The van der Waals surface area contributed by atoms with Crippen LogP contribution in [0.3, 0.4) is 0 Å². The first kappa shape index (κ1) is 15.0. The normalized spacial score (nSPS) is 17.2. The lowest BCUT2D eigenvalue weighted by Crippen LogP contribution is -2.51. The van der Waals surface area contributed by atoms with Gasteiger partial charge in [-0.3, -0.25) is 10.2 Å². The second-order valence-electron chi connectivity index (χ2n) is 5.18. The first-order valence-corrected chi connectivity index (χ1v) is 7.16. The van der Waals surface area contributed by atoms with Gasteiger partial charge in [0.25, 0.3) is 5.91 Å². The maximum absolute atomic E-state index is 12.4. The molecule has 0 aliphatic carbocycles. The molecule has 0 radical (unpaired) electrons. The van der Waals surface area contributed by atoms with Gasteiger partial charge in [-0.05, 0) is 25.7 Å². The van der Waals surface area contributed by atoms with Gasteiger partial charge in [0.05, 0.1) is 6.07 Å². The topological polar surface area (TPSA) is 56.1 Å². The molecular weight excluding hydrogens is 226 g/mol. The lowest BCUT2D eigenvalue weighted by atomic mass is 9.80. The average Bonchev–Trinajstić information content (AvgIpc) is 2.39. The second-order valence-corrected chi connectivity index (χ2v) is 5.18. The maximum atomic E-state index is 12.4. The van der Waals surface area contributed by atoms with Crippen LogP contribution in [0.15, 0.2) is 0 Å². The lowest BCUT2D eigenvalue weighted by Gasteiger charge is -2.31. The van der Waals surface area contributed by atoms with E-state index in [1.54, 1.807) is 0 Å². The Morgan fingerprint density at radius 3 is 2.22 bits per heavy atom. The quantitative estimate of drug-likeness (QED) is 0.789. The van der Waals surface area contributed by atoms with Crippen molar-refractivity contribution in [1.82, 2.24) is 10.4 Å². The fraction of sp³-hybridized carbons (Fsp3) is 0.857. The van der Waals surface area contributed by atoms with E-state index < -0.39 is 5.41 Å². The van der Waals surface area contributed by atoms with Crippen LogP contribution < -0.4 is 5.43 Å². The lowest BCUT2D eigenvalue weighted by molar-refractivity contribution is -0.134. The van der Waals surface area contributed by atoms with E-state index >= 15 is 0 Å². The number of nitrogens with zero attached hydrogens (tertiary/aromatic N) is 2. The number of carbonyl (C=O) groups is 1. The summed E-state index contributed by atoms with van der Waals surface area (Å²) in [5, 5.41) is 11.4. The van der Waals surface area contributed by atoms with Gasteiger partial charge in [0.1, 0.15) is 5.41 Å². The molecule has 1 amide bonds. The Bertz CT molecular complexity index is 297. The molecule has 0 bridgehead atoms. The largest absolute Gasteiger partial charge is 0.288 e. The number of piperidine rings is 1. The second kappa shape index (κ2) is 7.38. The van der Waals surface area contributed by atoms with E-state index in [9.17, 15) is 10.1 Å². The minimum absolute atomic E-state index is 0.101. The predicted molar refractivity (Wildman–Crippen MR) is 71.4 cm³/mol. The molecule has 0 atom stereocenters. The van der Waals surface area contributed by atoms with Crippen LogP contribution in [0, 0.1) is 16.7 Å². The third kappa shape index (κ3) is 3.71. The summed E-state index contributed by atoms with van der Waals surface area (Å²) in [6.45, 7) is 5.86. The number of nitrogens with one attached hydrogen (secondary N) is 1. The molecule has 1 rings (SSSR count). The molecule has 1 heterocycles. The molecule has 1 N–H and O–H groups in total. The molecule has 0 spiro atoms. The van der Waals surface area contributed by atoms with Gasteiger partial charge in [0.15, 0.2) is 0 Å². The van der Waals surface area contributed by atoms with E-state index in [1.807, 2.05) is 18.9 Å². The number of carbonyl (C=O) groups excluding carboxylic acids is 1. The minimum Gasteiger partial charge on any atom is -0.288 e. The third-order valence-corrected chi connectivity index (χ3v) is 3.62. The van der Waals surface area contributed by atoms with Gasteiger partial charge in [-0.1, -0.05) is 33.1 Å². The summed E-state index contributed by atoms with van der Waals surface area (Å²) in [6, 6.07) is 2.27. The molecule has 0 saturated carbocycles. The van der Waals surface area contributed by atoms with Crippen LogP contribution in [0.2, 0.25) is 0 Å². The molecule has 0 aromatic rings. The van der Waals surface area contributed by atoms with Gasteiger partial charge in [0, 0.05) is 13.1 Å². The van der Waals surface area contributed by atoms with Gasteiger partial charge < -0.3 is 0 Å². The number of rotatable bonds is 6. The van der Waals surface area contributed by atoms with Crippen LogP contribution in [0.4, 0.5) is 0 Å². The number of nitriles is 1. The molecule has 18 heavy (non-hydrogen) atoms. The Balaban J connectivity index is 2.66. The number of hydrogen-bond donors (Lipinski definition) is 1. The van der Waals surface area contributed by atoms with Crippen molar-refractivity contribution in [3.8, 4) is 6.07 Å². The molecule has 1 fully saturated rings. The molecule has 0 aromatic carbocycles. The van der Waals surface area contributed by atoms with Crippen molar-refractivity contribution in [2.45, 2.75) is 58.8 Å². The molecule has 0 aromatic heterocycles. The van der Waals surface area contributed by atoms with E-state index in [0.717, 1.165) is 38.8 Å². The molecule has 4 heteroatoms. The third-order valence-electron chi connectivity index (χ3n) is 3.62. The van der Waals surface area contributed by atoms with Crippen LogP contribution in [-0.2, 0) is 4.79 Å². The summed E-state index contributed by atoms with van der Waals surface area (Å²) in [4.78, 5) is 12.4. The Labute approximate surface area is 110 Å². The van der Waals surface area contributed by atoms with E-state index in [-0.39, 0.29) is 5.91 Å². The Hall–Kier alpha value is -1.08. The first-order valence-electron chi connectivity index (χ1n) is 7.16. The SMILES string of the molecule is CCCC(C#N)(CCC)C(=O)NN1CCCCC1. The summed E-state index contributed by atoms with van der Waals surface area (Å²) in [7, 11) is 0. The van der Waals surface area contributed by atoms with Crippen molar-refractivity contribution >= 4 is 5.91 Å². The van der Waals surface area contributed by atoms with Crippen molar-refractivity contribution in [3.63, 3.8) is 0 Å². The smallest absolute Gasteiger partial charge is 0.254 e. The Morgan fingerprint density at radius 2 is 1.78 bits per heavy atom. The summed E-state index contributed by atoms with van der Waals surface area (Å²) in [5.41, 5.74) is 2.12. The average molecular weight is 251 g/mol.